The predicted octanol–water partition coefficient (Wildman–Crippen LogP) is 4.80. The van der Waals surface area contributed by atoms with Crippen molar-refractivity contribution in [2.75, 3.05) is 13.6 Å². The Balaban J connectivity index is 1.88. The molecule has 3 aromatic rings. The van der Waals surface area contributed by atoms with E-state index in [1.54, 1.807) is 12.3 Å². The second-order valence-electron chi connectivity index (χ2n) is 5.93. The summed E-state index contributed by atoms with van der Waals surface area (Å²) in [6.07, 6.45) is 1.71. The first-order valence-corrected chi connectivity index (χ1v) is 7.63. The number of hydrogen-bond donors (Lipinski definition) is 0. The smallest absolute Gasteiger partial charge is 0.141 e. The lowest BCUT2D eigenvalue weighted by Crippen LogP contribution is -2.31. The standard InChI is InChI=1S/C18H15ClFNO/c1-21-9-13-8-18-12(4-5-22-18)6-14(13)15(10-21)11-2-3-17(20)16(19)7-11/h2-8,15H,9-10H2,1H3. The van der Waals surface area contributed by atoms with Crippen LogP contribution in [0.4, 0.5) is 4.39 Å². The highest BCUT2D eigenvalue weighted by Gasteiger charge is 2.26. The van der Waals surface area contributed by atoms with Crippen LogP contribution in [0, 0.1) is 5.82 Å². The Bertz CT molecular complexity index is 857. The molecule has 4 rings (SSSR count). The minimum atomic E-state index is -0.375. The highest BCUT2D eigenvalue weighted by Crippen LogP contribution is 2.36. The normalized spacial score (nSPS) is 18.6. The van der Waals surface area contributed by atoms with Crippen molar-refractivity contribution in [2.45, 2.75) is 12.5 Å². The topological polar surface area (TPSA) is 16.4 Å². The lowest BCUT2D eigenvalue weighted by molar-refractivity contribution is 0.295. The molecule has 1 atom stereocenters. The molecular formula is C18H15ClFNO. The molecule has 2 aromatic carbocycles. The summed E-state index contributed by atoms with van der Waals surface area (Å²) in [6.45, 7) is 1.77. The second kappa shape index (κ2) is 5.11. The van der Waals surface area contributed by atoms with Crippen LogP contribution in [-0.2, 0) is 6.54 Å². The van der Waals surface area contributed by atoms with E-state index in [1.807, 2.05) is 12.1 Å². The van der Waals surface area contributed by atoms with Gasteiger partial charge in [0.15, 0.2) is 0 Å². The zero-order valence-electron chi connectivity index (χ0n) is 12.1. The van der Waals surface area contributed by atoms with Crippen molar-refractivity contribution in [1.82, 2.24) is 4.90 Å². The molecule has 0 N–H and O–H groups in total. The van der Waals surface area contributed by atoms with E-state index in [0.717, 1.165) is 29.6 Å². The quantitative estimate of drug-likeness (QED) is 0.641. The van der Waals surface area contributed by atoms with Gasteiger partial charge in [0, 0.05) is 24.4 Å². The summed E-state index contributed by atoms with van der Waals surface area (Å²) in [7, 11) is 2.09. The summed E-state index contributed by atoms with van der Waals surface area (Å²) in [5.41, 5.74) is 4.48. The van der Waals surface area contributed by atoms with Crippen LogP contribution in [0.5, 0.6) is 0 Å². The molecule has 1 aromatic heterocycles. The SMILES string of the molecule is CN1Cc2cc3occc3cc2C(c2ccc(F)c(Cl)c2)C1. The van der Waals surface area contributed by atoms with Crippen molar-refractivity contribution >= 4 is 22.6 Å². The first kappa shape index (κ1) is 13.8. The van der Waals surface area contributed by atoms with Crippen molar-refractivity contribution < 1.29 is 8.81 Å². The minimum Gasteiger partial charge on any atom is -0.464 e. The maximum atomic E-state index is 13.5. The van der Waals surface area contributed by atoms with Crippen molar-refractivity contribution in [3.05, 3.63) is 70.2 Å². The van der Waals surface area contributed by atoms with Gasteiger partial charge in [-0.3, -0.25) is 0 Å². The number of nitrogens with zero attached hydrogens (tertiary/aromatic N) is 1. The second-order valence-corrected chi connectivity index (χ2v) is 6.34. The van der Waals surface area contributed by atoms with E-state index in [4.69, 9.17) is 16.0 Å². The van der Waals surface area contributed by atoms with E-state index < -0.39 is 0 Å². The molecule has 0 saturated carbocycles. The van der Waals surface area contributed by atoms with E-state index >= 15 is 0 Å². The summed E-state index contributed by atoms with van der Waals surface area (Å²) in [5.74, 6) is -0.189. The molecule has 1 aliphatic rings. The molecule has 0 saturated heterocycles. The summed E-state index contributed by atoms with van der Waals surface area (Å²) in [5, 5.41) is 1.28. The third-order valence-corrected chi connectivity index (χ3v) is 4.66. The number of halogens is 2. The molecule has 1 unspecified atom stereocenters. The van der Waals surface area contributed by atoms with Crippen LogP contribution in [0.3, 0.4) is 0 Å². The molecule has 0 fully saturated rings. The molecule has 0 spiro atoms. The molecule has 112 valence electrons. The Hall–Kier alpha value is -1.84. The van der Waals surface area contributed by atoms with E-state index in [9.17, 15) is 4.39 Å². The Labute approximate surface area is 133 Å². The zero-order valence-corrected chi connectivity index (χ0v) is 12.9. The van der Waals surface area contributed by atoms with Gasteiger partial charge in [-0.15, -0.1) is 0 Å². The molecule has 0 aliphatic carbocycles. The fourth-order valence-electron chi connectivity index (χ4n) is 3.31. The number of fused-ring (bicyclic) bond motifs is 2. The van der Waals surface area contributed by atoms with Gasteiger partial charge in [0.25, 0.3) is 0 Å². The van der Waals surface area contributed by atoms with Gasteiger partial charge in [-0.05, 0) is 54.1 Å². The summed E-state index contributed by atoms with van der Waals surface area (Å²) < 4.78 is 19.0. The van der Waals surface area contributed by atoms with Gasteiger partial charge in [-0.2, -0.15) is 0 Å². The van der Waals surface area contributed by atoms with Crippen LogP contribution in [0.25, 0.3) is 11.0 Å². The Morgan fingerprint density at radius 1 is 1.23 bits per heavy atom. The van der Waals surface area contributed by atoms with Crippen molar-refractivity contribution in [3.63, 3.8) is 0 Å². The average Bonchev–Trinajstić information content (AvgIpc) is 2.94. The highest BCUT2D eigenvalue weighted by molar-refractivity contribution is 6.30. The van der Waals surface area contributed by atoms with Crippen molar-refractivity contribution in [1.29, 1.82) is 0 Å². The zero-order chi connectivity index (χ0) is 15.3. The number of benzene rings is 2. The fraction of sp³-hybridized carbons (Fsp3) is 0.222. The van der Waals surface area contributed by atoms with Crippen molar-refractivity contribution in [3.8, 4) is 0 Å². The summed E-state index contributed by atoms with van der Waals surface area (Å²) in [4.78, 5) is 2.26. The first-order chi connectivity index (χ1) is 10.6. The molecule has 0 bridgehead atoms. The molecule has 0 radical (unpaired) electrons. The van der Waals surface area contributed by atoms with E-state index in [0.29, 0.717) is 0 Å². The van der Waals surface area contributed by atoms with Crippen LogP contribution in [0.2, 0.25) is 5.02 Å². The monoisotopic (exact) mass is 315 g/mol. The molecule has 2 nitrogen and oxygen atoms in total. The van der Waals surface area contributed by atoms with E-state index in [2.05, 4.69) is 24.1 Å². The van der Waals surface area contributed by atoms with E-state index in [-0.39, 0.29) is 16.8 Å². The molecule has 0 amide bonds. The number of furan rings is 1. The molecule has 2 heterocycles. The maximum Gasteiger partial charge on any atom is 0.141 e. The lowest BCUT2D eigenvalue weighted by atomic mass is 9.84. The highest BCUT2D eigenvalue weighted by atomic mass is 35.5. The fourth-order valence-corrected chi connectivity index (χ4v) is 3.50. The average molecular weight is 316 g/mol. The Kier molecular flexibility index (Phi) is 3.21. The third kappa shape index (κ3) is 2.21. The van der Waals surface area contributed by atoms with Crippen LogP contribution in [-0.4, -0.2) is 18.5 Å². The Morgan fingerprint density at radius 3 is 2.91 bits per heavy atom. The minimum absolute atomic E-state index is 0.177. The van der Waals surface area contributed by atoms with Gasteiger partial charge in [0.2, 0.25) is 0 Å². The first-order valence-electron chi connectivity index (χ1n) is 7.25. The summed E-state index contributed by atoms with van der Waals surface area (Å²) >= 11 is 5.97. The molecule has 1 aliphatic heterocycles. The van der Waals surface area contributed by atoms with Gasteiger partial charge < -0.3 is 9.32 Å². The number of hydrogen-bond acceptors (Lipinski definition) is 2. The largest absolute Gasteiger partial charge is 0.464 e. The number of likely N-dealkylation sites (N-methyl/N-ethyl adjacent to an activating group) is 1. The molecular weight excluding hydrogens is 301 g/mol. The van der Waals surface area contributed by atoms with Crippen LogP contribution in [0.1, 0.15) is 22.6 Å². The van der Waals surface area contributed by atoms with Gasteiger partial charge in [-0.25, -0.2) is 4.39 Å². The van der Waals surface area contributed by atoms with Gasteiger partial charge in [0.05, 0.1) is 11.3 Å². The molecule has 22 heavy (non-hydrogen) atoms. The summed E-state index contributed by atoms with van der Waals surface area (Å²) in [6, 6.07) is 11.3. The third-order valence-electron chi connectivity index (χ3n) is 4.37. The van der Waals surface area contributed by atoms with Crippen LogP contribution < -0.4 is 0 Å². The van der Waals surface area contributed by atoms with Crippen LogP contribution >= 0.6 is 11.6 Å². The molecule has 4 heteroatoms. The van der Waals surface area contributed by atoms with Gasteiger partial charge in [0.1, 0.15) is 11.4 Å². The Morgan fingerprint density at radius 2 is 2.09 bits per heavy atom. The van der Waals surface area contributed by atoms with Crippen LogP contribution in [0.15, 0.2) is 47.1 Å². The van der Waals surface area contributed by atoms with Gasteiger partial charge >= 0.3 is 0 Å². The predicted molar refractivity (Wildman–Crippen MR) is 85.8 cm³/mol. The maximum absolute atomic E-state index is 13.5. The van der Waals surface area contributed by atoms with Crippen molar-refractivity contribution in [2.24, 2.45) is 0 Å². The van der Waals surface area contributed by atoms with Gasteiger partial charge in [-0.1, -0.05) is 17.7 Å². The van der Waals surface area contributed by atoms with E-state index in [1.165, 1.54) is 17.2 Å². The lowest BCUT2D eigenvalue weighted by Gasteiger charge is -2.32. The number of rotatable bonds is 1.